The van der Waals surface area contributed by atoms with Gasteiger partial charge in [-0.05, 0) is 6.42 Å². The van der Waals surface area contributed by atoms with Gasteiger partial charge in [-0.3, -0.25) is 0 Å². The van der Waals surface area contributed by atoms with Crippen LogP contribution in [0.3, 0.4) is 0 Å². The van der Waals surface area contributed by atoms with Gasteiger partial charge < -0.3 is 30.3 Å². The minimum Gasteiger partial charge on any atom is -0.396 e. The molecule has 0 atom stereocenters. The van der Waals surface area contributed by atoms with Gasteiger partial charge in [0.2, 0.25) is 0 Å². The second-order valence-electron chi connectivity index (χ2n) is 4.64. The molecule has 0 aliphatic rings. The van der Waals surface area contributed by atoms with E-state index < -0.39 is 30.7 Å². The molecule has 6 nitrogen and oxygen atoms in total. The summed E-state index contributed by atoms with van der Waals surface area (Å²) in [6.45, 7) is 0.324. The van der Waals surface area contributed by atoms with Gasteiger partial charge in [0.25, 0.3) is 0 Å². The van der Waals surface area contributed by atoms with Crippen LogP contribution >= 0.6 is 0 Å². The lowest BCUT2D eigenvalue weighted by Gasteiger charge is -2.32. The van der Waals surface area contributed by atoms with E-state index in [1.807, 2.05) is 6.92 Å². The highest BCUT2D eigenvalue weighted by Gasteiger charge is 2.32. The van der Waals surface area contributed by atoms with E-state index in [4.69, 9.17) is 20.1 Å². The van der Waals surface area contributed by atoms with Gasteiger partial charge in [-0.1, -0.05) is 6.92 Å². The van der Waals surface area contributed by atoms with Crippen molar-refractivity contribution in [1.82, 2.24) is 0 Å². The third kappa shape index (κ3) is 4.50. The van der Waals surface area contributed by atoms with E-state index >= 15 is 0 Å². The van der Waals surface area contributed by atoms with Crippen LogP contribution in [0.15, 0.2) is 0 Å². The van der Waals surface area contributed by atoms with E-state index in [9.17, 15) is 10.2 Å². The van der Waals surface area contributed by atoms with Crippen molar-refractivity contribution in [2.75, 3.05) is 46.2 Å². The van der Waals surface area contributed by atoms with Crippen LogP contribution in [0.4, 0.5) is 0 Å². The van der Waals surface area contributed by atoms with Gasteiger partial charge in [0.1, 0.15) is 0 Å². The normalized spacial score (nSPS) is 13.1. The standard InChI is InChI=1S/C11H24O6/c1-2-10(3-12,4-13)8-17-9-11(5-14,6-15)7-16/h12-16H,2-9H2,1H3. The maximum absolute atomic E-state index is 9.19. The summed E-state index contributed by atoms with van der Waals surface area (Å²) < 4.78 is 5.31. The summed E-state index contributed by atoms with van der Waals surface area (Å²) in [5.41, 5.74) is -1.80. The van der Waals surface area contributed by atoms with Crippen LogP contribution in [0.25, 0.3) is 0 Å². The molecule has 0 fully saturated rings. The summed E-state index contributed by atoms with van der Waals surface area (Å²) in [5, 5.41) is 45.6. The van der Waals surface area contributed by atoms with Crippen molar-refractivity contribution in [2.24, 2.45) is 10.8 Å². The quantitative estimate of drug-likeness (QED) is 0.318. The third-order valence-electron chi connectivity index (χ3n) is 3.24. The zero-order valence-corrected chi connectivity index (χ0v) is 10.3. The summed E-state index contributed by atoms with van der Waals surface area (Å²) in [4.78, 5) is 0. The Morgan fingerprint density at radius 1 is 0.706 bits per heavy atom. The lowest BCUT2D eigenvalue weighted by atomic mass is 9.87. The Morgan fingerprint density at radius 3 is 1.35 bits per heavy atom. The van der Waals surface area contributed by atoms with E-state index in [0.717, 1.165) is 0 Å². The van der Waals surface area contributed by atoms with Gasteiger partial charge in [0.05, 0.1) is 51.7 Å². The largest absolute Gasteiger partial charge is 0.396 e. The fourth-order valence-electron chi connectivity index (χ4n) is 1.24. The summed E-state index contributed by atoms with van der Waals surface area (Å²) in [6, 6.07) is 0. The van der Waals surface area contributed by atoms with Gasteiger partial charge in [-0.25, -0.2) is 0 Å². The molecule has 0 bridgehead atoms. The molecule has 0 aromatic carbocycles. The molecule has 0 aromatic heterocycles. The predicted molar refractivity (Wildman–Crippen MR) is 61.4 cm³/mol. The van der Waals surface area contributed by atoms with E-state index in [2.05, 4.69) is 0 Å². The van der Waals surface area contributed by atoms with Crippen LogP contribution in [0.1, 0.15) is 13.3 Å². The Kier molecular flexibility index (Phi) is 7.85. The van der Waals surface area contributed by atoms with Crippen molar-refractivity contribution in [3.05, 3.63) is 0 Å². The van der Waals surface area contributed by atoms with Crippen LogP contribution in [0.5, 0.6) is 0 Å². The van der Waals surface area contributed by atoms with Crippen molar-refractivity contribution in [3.8, 4) is 0 Å². The molecular formula is C11H24O6. The number of aliphatic hydroxyl groups is 5. The van der Waals surface area contributed by atoms with Crippen LogP contribution in [0, 0.1) is 10.8 Å². The molecule has 17 heavy (non-hydrogen) atoms. The molecule has 0 saturated carbocycles. The Hall–Kier alpha value is -0.240. The van der Waals surface area contributed by atoms with Gasteiger partial charge in [0.15, 0.2) is 0 Å². The highest BCUT2D eigenvalue weighted by molar-refractivity contribution is 4.79. The van der Waals surface area contributed by atoms with E-state index in [0.29, 0.717) is 6.42 Å². The molecular weight excluding hydrogens is 228 g/mol. The molecule has 0 saturated heterocycles. The second kappa shape index (κ2) is 7.97. The van der Waals surface area contributed by atoms with Crippen molar-refractivity contribution in [1.29, 1.82) is 0 Å². The maximum atomic E-state index is 9.19. The first-order valence-corrected chi connectivity index (χ1v) is 5.69. The van der Waals surface area contributed by atoms with Crippen molar-refractivity contribution in [3.63, 3.8) is 0 Å². The van der Waals surface area contributed by atoms with Gasteiger partial charge in [0, 0.05) is 5.41 Å². The summed E-state index contributed by atoms with van der Waals surface area (Å²) >= 11 is 0. The molecule has 5 N–H and O–H groups in total. The highest BCUT2D eigenvalue weighted by atomic mass is 16.5. The Balaban J connectivity index is 4.28. The molecule has 0 amide bonds. The SMILES string of the molecule is CCC(CO)(CO)COCC(CO)(CO)CO. The van der Waals surface area contributed by atoms with Crippen LogP contribution in [-0.4, -0.2) is 71.8 Å². The maximum Gasteiger partial charge on any atom is 0.0629 e. The minimum atomic E-state index is -1.08. The van der Waals surface area contributed by atoms with Gasteiger partial charge >= 0.3 is 0 Å². The van der Waals surface area contributed by atoms with E-state index in [1.54, 1.807) is 0 Å². The number of aliphatic hydroxyl groups excluding tert-OH is 5. The molecule has 0 spiro atoms. The van der Waals surface area contributed by atoms with Crippen molar-refractivity contribution in [2.45, 2.75) is 13.3 Å². The van der Waals surface area contributed by atoms with Gasteiger partial charge in [-0.2, -0.15) is 0 Å². The van der Waals surface area contributed by atoms with Crippen molar-refractivity contribution >= 4 is 0 Å². The third-order valence-corrected chi connectivity index (χ3v) is 3.24. The number of rotatable bonds is 10. The molecule has 104 valence electrons. The average Bonchev–Trinajstić information content (AvgIpc) is 2.41. The monoisotopic (exact) mass is 252 g/mol. The smallest absolute Gasteiger partial charge is 0.0629 e. The van der Waals surface area contributed by atoms with Gasteiger partial charge in [-0.15, -0.1) is 0 Å². The lowest BCUT2D eigenvalue weighted by molar-refractivity contribution is -0.0921. The molecule has 6 heteroatoms. The fraction of sp³-hybridized carbons (Fsp3) is 1.00. The Morgan fingerprint density at radius 2 is 1.06 bits per heavy atom. The Labute approximate surface area is 101 Å². The first-order valence-electron chi connectivity index (χ1n) is 5.69. The second-order valence-corrected chi connectivity index (χ2v) is 4.64. The molecule has 0 rings (SSSR count). The molecule has 0 aromatic rings. The van der Waals surface area contributed by atoms with Crippen LogP contribution in [-0.2, 0) is 4.74 Å². The molecule has 0 aliphatic heterocycles. The zero-order chi connectivity index (χ0) is 13.4. The minimum absolute atomic E-state index is 0.0295. The summed E-state index contributed by atoms with van der Waals surface area (Å²) in [7, 11) is 0. The lowest BCUT2D eigenvalue weighted by Crippen LogP contribution is -2.41. The van der Waals surface area contributed by atoms with Crippen LogP contribution in [0.2, 0.25) is 0 Å². The molecule has 0 radical (unpaired) electrons. The first kappa shape index (κ1) is 16.8. The zero-order valence-electron chi connectivity index (χ0n) is 10.3. The molecule has 0 aliphatic carbocycles. The van der Waals surface area contributed by atoms with Crippen molar-refractivity contribution < 1.29 is 30.3 Å². The molecule has 0 unspecified atom stereocenters. The Bertz CT molecular complexity index is 152. The first-order chi connectivity index (χ1) is 8.07. The fourth-order valence-corrected chi connectivity index (χ4v) is 1.24. The van der Waals surface area contributed by atoms with Crippen LogP contribution < -0.4 is 0 Å². The summed E-state index contributed by atoms with van der Waals surface area (Å²) in [5.74, 6) is 0. The van der Waals surface area contributed by atoms with E-state index in [1.165, 1.54) is 0 Å². The number of ether oxygens (including phenoxy) is 1. The average molecular weight is 252 g/mol. The topological polar surface area (TPSA) is 110 Å². The van der Waals surface area contributed by atoms with E-state index in [-0.39, 0.29) is 26.4 Å². The number of hydrogen-bond acceptors (Lipinski definition) is 6. The number of hydrogen-bond donors (Lipinski definition) is 5. The predicted octanol–water partition coefficient (Wildman–Crippen LogP) is -1.65. The molecule has 0 heterocycles. The summed E-state index contributed by atoms with van der Waals surface area (Å²) in [6.07, 6.45) is 0.546. The highest BCUT2D eigenvalue weighted by Crippen LogP contribution is 2.23.